The topological polar surface area (TPSA) is 92.2 Å². The second kappa shape index (κ2) is 9.29. The molecule has 0 saturated heterocycles. The Balaban J connectivity index is -0.0000000267. The van der Waals surface area contributed by atoms with E-state index in [0.717, 1.165) is 0 Å². The molecule has 0 fully saturated rings. The van der Waals surface area contributed by atoms with Crippen molar-refractivity contribution in [2.75, 3.05) is 0 Å². The van der Waals surface area contributed by atoms with Gasteiger partial charge in [-0.3, -0.25) is 0 Å². The molecule has 0 spiro atoms. The van der Waals surface area contributed by atoms with Crippen LogP contribution in [0.2, 0.25) is 0 Å². The molecule has 0 rings (SSSR count). The minimum Gasteiger partial charge on any atom is -0.894 e. The first-order valence-corrected chi connectivity index (χ1v) is 2.45. The van der Waals surface area contributed by atoms with Crippen molar-refractivity contribution in [3.8, 4) is 0 Å². The molecule has 0 unspecified atom stereocenters. The Morgan fingerprint density at radius 2 is 0.875 bits per heavy atom. The van der Waals surface area contributed by atoms with Crippen LogP contribution in [0.25, 0.3) is 0 Å². The van der Waals surface area contributed by atoms with E-state index < -0.39 is 9.05 Å². The van der Waals surface area contributed by atoms with Gasteiger partial charge in [0.2, 0.25) is 0 Å². The van der Waals surface area contributed by atoms with Crippen LogP contribution in [0.4, 0.5) is 0 Å². The van der Waals surface area contributed by atoms with Crippen molar-refractivity contribution in [2.45, 2.75) is 0 Å². The molecule has 0 aromatic heterocycles. The molecule has 4 nitrogen and oxygen atoms in total. The average molecular weight is 168 g/mol. The second-order valence-corrected chi connectivity index (χ2v) is 1.50. The first-order valence-electron chi connectivity index (χ1n) is 0.816. The van der Waals surface area contributed by atoms with Crippen molar-refractivity contribution in [1.29, 1.82) is 0 Å². The summed E-state index contributed by atoms with van der Waals surface area (Å²) >= 11 is 0. The molecule has 0 amide bonds. The van der Waals surface area contributed by atoms with Crippen LogP contribution in [0, 0.1) is 0 Å². The molecule has 0 aromatic carbocycles. The molecule has 0 aliphatic rings. The molecular weight excluding hydrogens is 168 g/mol. The summed E-state index contributed by atoms with van der Waals surface area (Å²) in [5, 5.41) is 0. The van der Waals surface area contributed by atoms with Crippen LogP contribution in [-0.2, 0) is 25.8 Å². The van der Waals surface area contributed by atoms with Crippen LogP contribution in [0.3, 0.4) is 0 Å². The molecule has 0 aliphatic heterocycles. The summed E-state index contributed by atoms with van der Waals surface area (Å²) in [6, 6.07) is 0. The Morgan fingerprint density at radius 1 is 0.875 bits per heavy atom. The van der Waals surface area contributed by atoms with Crippen LogP contribution >= 0.6 is 0 Å². The quantitative estimate of drug-likeness (QED) is 0.336. The Bertz CT molecular complexity index is 31.5. The number of hydrogen-bond donors (Lipinski definition) is 0. The molecule has 0 bridgehead atoms. The molecule has 8 heteroatoms. The van der Waals surface area contributed by atoms with Crippen molar-refractivity contribution in [2.24, 2.45) is 0 Å². The van der Waals surface area contributed by atoms with E-state index in [4.69, 9.17) is 19.2 Å². The minimum atomic E-state index is -5.61. The third-order valence-electron chi connectivity index (χ3n) is 0. The van der Waals surface area contributed by atoms with Crippen LogP contribution in [0.15, 0.2) is 0 Å². The molecular formula is LiMgO4ScSi+2. The van der Waals surface area contributed by atoms with Gasteiger partial charge in [0.05, 0.1) is 0 Å². The first-order chi connectivity index (χ1) is 2.00. The fraction of sp³-hybridized carbons (Fsp3) is 0. The number of hydrogen-bond acceptors (Lipinski definition) is 4. The van der Waals surface area contributed by atoms with Gasteiger partial charge in [-0.05, 0) is 0 Å². The van der Waals surface area contributed by atoms with Crippen molar-refractivity contribution in [3.05, 3.63) is 0 Å². The Hall–Kier alpha value is 2.29. The van der Waals surface area contributed by atoms with E-state index in [2.05, 4.69) is 0 Å². The second-order valence-electron chi connectivity index (χ2n) is 0.500. The van der Waals surface area contributed by atoms with Gasteiger partial charge in [0.25, 0.3) is 0 Å². The molecule has 0 heterocycles. The van der Waals surface area contributed by atoms with Gasteiger partial charge in [-0.25, -0.2) is 0 Å². The fourth-order valence-electron chi connectivity index (χ4n) is 0. The average Bonchev–Trinajstić information content (AvgIpc) is 0.722. The van der Waals surface area contributed by atoms with Gasteiger partial charge in [0, 0.05) is 0 Å². The van der Waals surface area contributed by atoms with E-state index in [-0.39, 0.29) is 67.8 Å². The summed E-state index contributed by atoms with van der Waals surface area (Å²) in [5.41, 5.74) is 0. The number of rotatable bonds is 0. The molecule has 0 atom stereocenters. The zero-order valence-corrected chi connectivity index (χ0v) is 8.63. The third kappa shape index (κ3) is 84.0. The Labute approximate surface area is 94.9 Å². The van der Waals surface area contributed by atoms with Crippen LogP contribution in [0.5, 0.6) is 0 Å². The summed E-state index contributed by atoms with van der Waals surface area (Å²) in [4.78, 5) is 34.3. The van der Waals surface area contributed by atoms with Crippen molar-refractivity contribution < 1.29 is 63.9 Å². The van der Waals surface area contributed by atoms with Gasteiger partial charge in [-0.2, -0.15) is 0 Å². The SMILES string of the molecule is [Li+].[Mg+2].[O-][Si]([O-])([O-])[O-].[Sc+3]. The van der Waals surface area contributed by atoms with Gasteiger partial charge in [0.15, 0.2) is 0 Å². The third-order valence-corrected chi connectivity index (χ3v) is 0. The van der Waals surface area contributed by atoms with Gasteiger partial charge < -0.3 is 28.2 Å². The Kier molecular flexibility index (Phi) is 26.1. The van der Waals surface area contributed by atoms with E-state index in [1.807, 2.05) is 0 Å². The van der Waals surface area contributed by atoms with Crippen LogP contribution in [0.1, 0.15) is 0 Å². The van der Waals surface area contributed by atoms with Crippen molar-refractivity contribution in [3.63, 3.8) is 0 Å². The monoisotopic (exact) mass is 168 g/mol. The maximum Gasteiger partial charge on any atom is 3.00 e. The van der Waals surface area contributed by atoms with Gasteiger partial charge in [-0.1, -0.05) is 0 Å². The van der Waals surface area contributed by atoms with Gasteiger partial charge in [0.1, 0.15) is 0 Å². The minimum absolute atomic E-state index is 0. The maximum atomic E-state index is 8.58. The van der Waals surface area contributed by atoms with E-state index >= 15 is 0 Å². The Morgan fingerprint density at radius 3 is 0.875 bits per heavy atom. The maximum absolute atomic E-state index is 8.58. The summed E-state index contributed by atoms with van der Waals surface area (Å²) in [6.45, 7) is 0. The molecule has 0 N–H and O–H groups in total. The van der Waals surface area contributed by atoms with Gasteiger partial charge in [-0.15, -0.1) is 0 Å². The molecule has 8 heavy (non-hydrogen) atoms. The van der Waals surface area contributed by atoms with Crippen molar-refractivity contribution in [1.82, 2.24) is 0 Å². The summed E-state index contributed by atoms with van der Waals surface area (Å²) in [6.07, 6.45) is 0. The summed E-state index contributed by atoms with van der Waals surface area (Å²) in [5.74, 6) is 0. The zero-order chi connectivity index (χ0) is 4.50. The van der Waals surface area contributed by atoms with Crippen LogP contribution < -0.4 is 38.0 Å². The van der Waals surface area contributed by atoms with E-state index in [9.17, 15) is 0 Å². The van der Waals surface area contributed by atoms with E-state index in [1.54, 1.807) is 0 Å². The fourth-order valence-corrected chi connectivity index (χ4v) is 0. The smallest absolute Gasteiger partial charge is 0.894 e. The van der Waals surface area contributed by atoms with Gasteiger partial charge >= 0.3 is 67.8 Å². The van der Waals surface area contributed by atoms with E-state index in [1.165, 1.54) is 0 Å². The summed E-state index contributed by atoms with van der Waals surface area (Å²) in [7, 11) is -5.61. The largest absolute Gasteiger partial charge is 3.00 e. The van der Waals surface area contributed by atoms with E-state index in [0.29, 0.717) is 0 Å². The van der Waals surface area contributed by atoms with Crippen molar-refractivity contribution >= 4 is 32.1 Å². The van der Waals surface area contributed by atoms with Crippen LogP contribution in [-0.4, -0.2) is 32.1 Å². The predicted molar refractivity (Wildman–Crippen MR) is 11.5 cm³/mol. The molecule has 0 saturated carbocycles. The molecule has 32 valence electrons. The first kappa shape index (κ1) is 22.4. The molecule has 0 radical (unpaired) electrons. The normalized spacial score (nSPS) is 7.50. The standard InChI is InChI=1S/Li.Mg.O4Si.Sc/c;;1-5(2,3)4;/q+1;+2;-4;+3. The molecule has 0 aliphatic carbocycles. The zero-order valence-electron chi connectivity index (χ0n) is 4.42. The molecule has 0 aromatic rings. The summed E-state index contributed by atoms with van der Waals surface area (Å²) < 4.78 is 0. The predicted octanol–water partition coefficient (Wildman–Crippen LogP) is -8.52.